The SMILES string of the molecule is O=C(N1CCC(O)C(C(F)(F)F)C1)C(F)(F)F. The second kappa shape index (κ2) is 4.35. The van der Waals surface area contributed by atoms with Crippen molar-refractivity contribution in [3.63, 3.8) is 0 Å². The Bertz CT molecular complexity index is 299. The predicted octanol–water partition coefficient (Wildman–Crippen LogP) is 1.32. The number of carbonyl (C=O) groups excluding carboxylic acids is 1. The van der Waals surface area contributed by atoms with Crippen LogP contribution in [0, 0.1) is 5.92 Å². The topological polar surface area (TPSA) is 40.5 Å². The number of nitrogens with zero attached hydrogens (tertiary/aromatic N) is 1. The third-order valence-corrected chi connectivity index (χ3v) is 2.53. The minimum Gasteiger partial charge on any atom is -0.392 e. The van der Waals surface area contributed by atoms with Crippen LogP contribution in [0.3, 0.4) is 0 Å². The number of likely N-dealkylation sites (tertiary alicyclic amines) is 1. The first kappa shape index (κ1) is 14.1. The van der Waals surface area contributed by atoms with E-state index in [1.807, 2.05) is 0 Å². The molecule has 1 aliphatic rings. The summed E-state index contributed by atoms with van der Waals surface area (Å²) in [7, 11) is 0. The Balaban J connectivity index is 2.78. The summed E-state index contributed by atoms with van der Waals surface area (Å²) < 4.78 is 73.1. The summed E-state index contributed by atoms with van der Waals surface area (Å²) in [4.78, 5) is 10.8. The number of aliphatic hydroxyl groups excluding tert-OH is 1. The van der Waals surface area contributed by atoms with E-state index in [0.29, 0.717) is 0 Å². The van der Waals surface area contributed by atoms with Gasteiger partial charge in [-0.1, -0.05) is 0 Å². The lowest BCUT2D eigenvalue weighted by molar-refractivity contribution is -0.222. The van der Waals surface area contributed by atoms with E-state index in [2.05, 4.69) is 0 Å². The van der Waals surface area contributed by atoms with Crippen LogP contribution in [0.1, 0.15) is 6.42 Å². The first-order valence-corrected chi connectivity index (χ1v) is 4.64. The van der Waals surface area contributed by atoms with Gasteiger partial charge in [-0.3, -0.25) is 4.79 Å². The molecular weight excluding hydrogens is 256 g/mol. The number of rotatable bonds is 0. The third-order valence-electron chi connectivity index (χ3n) is 2.53. The van der Waals surface area contributed by atoms with Crippen molar-refractivity contribution in [1.82, 2.24) is 4.90 Å². The van der Waals surface area contributed by atoms with Crippen LogP contribution in [0.4, 0.5) is 26.3 Å². The van der Waals surface area contributed by atoms with E-state index in [-0.39, 0.29) is 4.90 Å². The highest BCUT2D eigenvalue weighted by molar-refractivity contribution is 5.82. The van der Waals surface area contributed by atoms with Gasteiger partial charge in [0.25, 0.3) is 0 Å². The van der Waals surface area contributed by atoms with E-state index >= 15 is 0 Å². The van der Waals surface area contributed by atoms with Gasteiger partial charge in [0.15, 0.2) is 0 Å². The van der Waals surface area contributed by atoms with Gasteiger partial charge in [0.05, 0.1) is 12.0 Å². The van der Waals surface area contributed by atoms with Crippen molar-refractivity contribution in [1.29, 1.82) is 0 Å². The molecule has 1 heterocycles. The van der Waals surface area contributed by atoms with Crippen LogP contribution >= 0.6 is 0 Å². The van der Waals surface area contributed by atoms with Crippen molar-refractivity contribution in [3.8, 4) is 0 Å². The summed E-state index contributed by atoms with van der Waals surface area (Å²) in [6.07, 6.45) is -12.3. The van der Waals surface area contributed by atoms with E-state index in [0.717, 1.165) is 0 Å². The van der Waals surface area contributed by atoms with E-state index in [4.69, 9.17) is 5.11 Å². The highest BCUT2D eigenvalue weighted by Gasteiger charge is 2.51. The molecule has 0 spiro atoms. The normalized spacial score (nSPS) is 27.1. The molecule has 100 valence electrons. The Labute approximate surface area is 92.0 Å². The molecule has 0 radical (unpaired) electrons. The van der Waals surface area contributed by atoms with Crippen molar-refractivity contribution in [2.24, 2.45) is 5.92 Å². The van der Waals surface area contributed by atoms with Gasteiger partial charge in [0.1, 0.15) is 0 Å². The third kappa shape index (κ3) is 3.24. The van der Waals surface area contributed by atoms with Gasteiger partial charge in [-0.25, -0.2) is 0 Å². The minimum absolute atomic E-state index is 0.0743. The van der Waals surface area contributed by atoms with E-state index in [9.17, 15) is 31.1 Å². The minimum atomic E-state index is -5.20. The molecule has 1 amide bonds. The Morgan fingerprint density at radius 2 is 1.71 bits per heavy atom. The lowest BCUT2D eigenvalue weighted by Gasteiger charge is -2.37. The molecule has 0 aromatic rings. The van der Waals surface area contributed by atoms with Gasteiger partial charge in [-0.2, -0.15) is 26.3 Å². The summed E-state index contributed by atoms with van der Waals surface area (Å²) in [6.45, 7) is -1.70. The second-order valence-corrected chi connectivity index (χ2v) is 3.75. The zero-order valence-corrected chi connectivity index (χ0v) is 8.35. The van der Waals surface area contributed by atoms with Gasteiger partial charge < -0.3 is 10.0 Å². The fraction of sp³-hybridized carbons (Fsp3) is 0.875. The second-order valence-electron chi connectivity index (χ2n) is 3.75. The zero-order valence-electron chi connectivity index (χ0n) is 8.35. The molecule has 9 heteroatoms. The first-order valence-electron chi connectivity index (χ1n) is 4.64. The van der Waals surface area contributed by atoms with E-state index < -0.39 is 49.8 Å². The Morgan fingerprint density at radius 3 is 2.12 bits per heavy atom. The molecule has 2 unspecified atom stereocenters. The van der Waals surface area contributed by atoms with Crippen LogP contribution in [0.15, 0.2) is 0 Å². The van der Waals surface area contributed by atoms with E-state index in [1.165, 1.54) is 0 Å². The van der Waals surface area contributed by atoms with Gasteiger partial charge >= 0.3 is 18.3 Å². The van der Waals surface area contributed by atoms with Crippen molar-refractivity contribution in [2.75, 3.05) is 13.1 Å². The quantitative estimate of drug-likeness (QED) is 0.671. The maximum atomic E-state index is 12.3. The lowest BCUT2D eigenvalue weighted by Crippen LogP contribution is -2.54. The number of hydrogen-bond acceptors (Lipinski definition) is 2. The Kier molecular flexibility index (Phi) is 3.60. The number of aliphatic hydroxyl groups is 1. The van der Waals surface area contributed by atoms with Crippen LogP contribution in [0.25, 0.3) is 0 Å². The summed E-state index contributed by atoms with van der Waals surface area (Å²) in [5.41, 5.74) is 0. The molecule has 3 nitrogen and oxygen atoms in total. The summed E-state index contributed by atoms with van der Waals surface area (Å²) in [5, 5.41) is 9.07. The number of piperidine rings is 1. The largest absolute Gasteiger partial charge is 0.471 e. The maximum Gasteiger partial charge on any atom is 0.471 e. The fourth-order valence-electron chi connectivity index (χ4n) is 1.63. The van der Waals surface area contributed by atoms with Gasteiger partial charge in [-0.15, -0.1) is 0 Å². The molecular formula is C8H9F6NO2. The molecule has 0 aromatic carbocycles. The average molecular weight is 265 g/mol. The van der Waals surface area contributed by atoms with Crippen molar-refractivity contribution in [3.05, 3.63) is 0 Å². The molecule has 0 aliphatic carbocycles. The highest BCUT2D eigenvalue weighted by atomic mass is 19.4. The molecule has 1 aliphatic heterocycles. The lowest BCUT2D eigenvalue weighted by atomic mass is 9.94. The summed E-state index contributed by atoms with van der Waals surface area (Å²) in [6, 6.07) is 0. The number of amides is 1. The molecule has 0 bridgehead atoms. The molecule has 17 heavy (non-hydrogen) atoms. The Morgan fingerprint density at radius 1 is 1.18 bits per heavy atom. The van der Waals surface area contributed by atoms with Crippen LogP contribution in [-0.2, 0) is 4.79 Å². The van der Waals surface area contributed by atoms with Crippen LogP contribution < -0.4 is 0 Å². The average Bonchev–Trinajstić information content (AvgIpc) is 2.14. The number of halogens is 6. The molecule has 2 atom stereocenters. The number of carbonyl (C=O) groups is 1. The standard InChI is InChI=1S/C8H9F6NO2/c9-7(10,11)4-3-15(2-1-5(4)16)6(17)8(12,13)14/h4-5,16H,1-3H2. The monoisotopic (exact) mass is 265 g/mol. The van der Waals surface area contributed by atoms with Crippen molar-refractivity contribution >= 4 is 5.91 Å². The molecule has 0 aromatic heterocycles. The van der Waals surface area contributed by atoms with Crippen LogP contribution in [0.5, 0.6) is 0 Å². The molecule has 1 rings (SSSR count). The predicted molar refractivity (Wildman–Crippen MR) is 42.8 cm³/mol. The highest BCUT2D eigenvalue weighted by Crippen LogP contribution is 2.34. The maximum absolute atomic E-state index is 12.3. The van der Waals surface area contributed by atoms with Crippen LogP contribution in [-0.4, -0.2) is 47.5 Å². The first-order chi connectivity index (χ1) is 7.53. The zero-order chi connectivity index (χ0) is 13.4. The van der Waals surface area contributed by atoms with Gasteiger partial charge in [0, 0.05) is 13.1 Å². The molecule has 1 saturated heterocycles. The van der Waals surface area contributed by atoms with Gasteiger partial charge in [-0.05, 0) is 6.42 Å². The van der Waals surface area contributed by atoms with Crippen molar-refractivity contribution < 1.29 is 36.2 Å². The molecule has 1 fully saturated rings. The molecule has 0 saturated carbocycles. The van der Waals surface area contributed by atoms with E-state index in [1.54, 1.807) is 0 Å². The van der Waals surface area contributed by atoms with Gasteiger partial charge in [0.2, 0.25) is 0 Å². The summed E-state index contributed by atoms with van der Waals surface area (Å²) >= 11 is 0. The number of alkyl halides is 6. The molecule has 1 N–H and O–H groups in total. The van der Waals surface area contributed by atoms with Crippen molar-refractivity contribution in [2.45, 2.75) is 24.9 Å². The van der Waals surface area contributed by atoms with Crippen LogP contribution in [0.2, 0.25) is 0 Å². The summed E-state index contributed by atoms with van der Waals surface area (Å²) in [5.74, 6) is -4.64. The number of hydrogen-bond donors (Lipinski definition) is 1. The Hall–Kier alpha value is -0.990. The smallest absolute Gasteiger partial charge is 0.392 e. The fourth-order valence-corrected chi connectivity index (χ4v) is 1.63.